The quantitative estimate of drug-likeness (QED) is 0.809. The Kier molecular flexibility index (Phi) is 3.61. The summed E-state index contributed by atoms with van der Waals surface area (Å²) in [6.07, 6.45) is -1.41. The van der Waals surface area contributed by atoms with Crippen molar-refractivity contribution in [3.63, 3.8) is 0 Å². The molecule has 0 radical (unpaired) electrons. The first kappa shape index (κ1) is 11.9. The maximum Gasteiger partial charge on any atom is 0.406 e. The molecular weight excluding hydrogens is 222 g/mol. The molecule has 2 rings (SSSR count). The first-order chi connectivity index (χ1) is 8.22. The minimum atomic E-state index is -0.609. The fraction of sp³-hybridized carbons (Fsp3) is 0.417. The maximum atomic E-state index is 11.0. The van der Waals surface area contributed by atoms with Gasteiger partial charge < -0.3 is 19.9 Å². The van der Waals surface area contributed by atoms with Crippen LogP contribution >= 0.6 is 0 Å². The molecule has 1 aromatic rings. The van der Waals surface area contributed by atoms with Crippen molar-refractivity contribution in [2.24, 2.45) is 0 Å². The molecule has 1 aliphatic heterocycles. The number of rotatable bonds is 2. The molecule has 0 fully saturated rings. The number of alkyl carbamates (subject to hydrolysis) is 1. The molecule has 92 valence electrons. The van der Waals surface area contributed by atoms with Crippen LogP contribution in [0.2, 0.25) is 0 Å². The van der Waals surface area contributed by atoms with Gasteiger partial charge in [0.2, 0.25) is 0 Å². The number of carbonyl (C=O) groups excluding carboxylic acids is 1. The summed E-state index contributed by atoms with van der Waals surface area (Å²) in [6.45, 7) is 0.363. The van der Waals surface area contributed by atoms with Gasteiger partial charge in [0.25, 0.3) is 0 Å². The van der Waals surface area contributed by atoms with E-state index in [-0.39, 0.29) is 19.3 Å². The van der Waals surface area contributed by atoms with Crippen LogP contribution < -0.4 is 5.32 Å². The summed E-state index contributed by atoms with van der Waals surface area (Å²) in [6, 6.07) is 7.46. The largest absolute Gasteiger partial charge is 0.446 e. The van der Waals surface area contributed by atoms with E-state index in [1.54, 1.807) is 0 Å². The molecule has 2 atom stereocenters. The summed E-state index contributed by atoms with van der Waals surface area (Å²) in [5.74, 6) is 0. The van der Waals surface area contributed by atoms with Crippen molar-refractivity contribution in [3.05, 3.63) is 35.4 Å². The number of ether oxygens (including phenoxy) is 2. The molecule has 17 heavy (non-hydrogen) atoms. The Morgan fingerprint density at radius 3 is 2.94 bits per heavy atom. The predicted octanol–water partition coefficient (Wildman–Crippen LogP) is 1.15. The number of hydrogen-bond acceptors (Lipinski definition) is 4. The first-order valence-electron chi connectivity index (χ1n) is 5.45. The van der Waals surface area contributed by atoms with Crippen molar-refractivity contribution < 1.29 is 19.4 Å². The summed E-state index contributed by atoms with van der Waals surface area (Å²) in [7, 11) is 1.50. The number of aliphatic hydroxyl groups is 1. The first-order valence-corrected chi connectivity index (χ1v) is 5.45. The summed E-state index contributed by atoms with van der Waals surface area (Å²) in [5, 5.41) is 12.1. The van der Waals surface area contributed by atoms with E-state index in [0.29, 0.717) is 0 Å². The highest BCUT2D eigenvalue weighted by atomic mass is 16.6. The molecule has 1 aromatic carbocycles. The Balaban J connectivity index is 2.10. The van der Waals surface area contributed by atoms with Crippen molar-refractivity contribution in [2.75, 3.05) is 20.3 Å². The van der Waals surface area contributed by atoms with Crippen LogP contribution in [-0.4, -0.2) is 31.5 Å². The van der Waals surface area contributed by atoms with E-state index in [2.05, 4.69) is 5.32 Å². The molecule has 1 aliphatic rings. The highest BCUT2D eigenvalue weighted by Gasteiger charge is 2.26. The van der Waals surface area contributed by atoms with Crippen molar-refractivity contribution in [1.82, 2.24) is 5.32 Å². The number of fused-ring (bicyclic) bond motifs is 1. The van der Waals surface area contributed by atoms with Crippen LogP contribution in [0.3, 0.4) is 0 Å². The fourth-order valence-electron chi connectivity index (χ4n) is 1.86. The minimum Gasteiger partial charge on any atom is -0.446 e. The highest BCUT2D eigenvalue weighted by molar-refractivity contribution is 5.66. The van der Waals surface area contributed by atoms with Crippen molar-refractivity contribution in [1.29, 1.82) is 0 Å². The molecule has 0 aliphatic carbocycles. The third-order valence-electron chi connectivity index (χ3n) is 2.73. The van der Waals surface area contributed by atoms with Gasteiger partial charge in [0.1, 0.15) is 18.8 Å². The second-order valence-corrected chi connectivity index (χ2v) is 3.82. The van der Waals surface area contributed by atoms with Crippen molar-refractivity contribution >= 4 is 6.09 Å². The van der Waals surface area contributed by atoms with Gasteiger partial charge in [-0.05, 0) is 11.1 Å². The smallest absolute Gasteiger partial charge is 0.406 e. The van der Waals surface area contributed by atoms with E-state index in [0.717, 1.165) is 11.1 Å². The molecule has 5 nitrogen and oxygen atoms in total. The van der Waals surface area contributed by atoms with Gasteiger partial charge in [-0.3, -0.25) is 0 Å². The van der Waals surface area contributed by atoms with E-state index in [1.165, 1.54) is 7.05 Å². The van der Waals surface area contributed by atoms with Crippen LogP contribution in [0.15, 0.2) is 24.3 Å². The fourth-order valence-corrected chi connectivity index (χ4v) is 1.86. The van der Waals surface area contributed by atoms with Gasteiger partial charge in [0, 0.05) is 7.05 Å². The van der Waals surface area contributed by atoms with E-state index in [4.69, 9.17) is 9.47 Å². The van der Waals surface area contributed by atoms with Gasteiger partial charge in [-0.15, -0.1) is 0 Å². The topological polar surface area (TPSA) is 67.8 Å². The lowest BCUT2D eigenvalue weighted by molar-refractivity contribution is -0.0536. The van der Waals surface area contributed by atoms with Gasteiger partial charge in [-0.2, -0.15) is 0 Å². The highest BCUT2D eigenvalue weighted by Crippen LogP contribution is 2.32. The molecule has 5 heteroatoms. The molecule has 2 N–H and O–H groups in total. The Morgan fingerprint density at radius 1 is 1.53 bits per heavy atom. The van der Waals surface area contributed by atoms with E-state index < -0.39 is 12.2 Å². The molecule has 1 heterocycles. The predicted molar refractivity (Wildman–Crippen MR) is 60.5 cm³/mol. The SMILES string of the molecule is CNC(=O)OCC1OCC(O)c2ccccc21. The summed E-state index contributed by atoms with van der Waals surface area (Å²) < 4.78 is 10.4. The zero-order valence-corrected chi connectivity index (χ0v) is 9.55. The van der Waals surface area contributed by atoms with E-state index >= 15 is 0 Å². The lowest BCUT2D eigenvalue weighted by Crippen LogP contribution is -2.27. The van der Waals surface area contributed by atoms with Crippen LogP contribution in [0, 0.1) is 0 Å². The Bertz CT molecular complexity index is 407. The average Bonchev–Trinajstić information content (AvgIpc) is 2.38. The molecule has 0 spiro atoms. The van der Waals surface area contributed by atoms with Gasteiger partial charge in [-0.1, -0.05) is 24.3 Å². The molecule has 0 saturated heterocycles. The number of carbonyl (C=O) groups is 1. The zero-order valence-electron chi connectivity index (χ0n) is 9.55. The van der Waals surface area contributed by atoms with Gasteiger partial charge in [0.05, 0.1) is 6.61 Å². The number of aliphatic hydroxyl groups excluding tert-OH is 1. The van der Waals surface area contributed by atoms with Gasteiger partial charge >= 0.3 is 6.09 Å². The standard InChI is InChI=1S/C12H15NO4/c1-13-12(15)17-7-11-9-5-3-2-4-8(9)10(14)6-16-11/h2-5,10-11,14H,6-7H2,1H3,(H,13,15). The second kappa shape index (κ2) is 5.16. The Hall–Kier alpha value is -1.59. The number of benzene rings is 1. The summed E-state index contributed by atoms with van der Waals surface area (Å²) >= 11 is 0. The third kappa shape index (κ3) is 2.57. The van der Waals surface area contributed by atoms with E-state index in [9.17, 15) is 9.90 Å². The molecular formula is C12H15NO4. The average molecular weight is 237 g/mol. The second-order valence-electron chi connectivity index (χ2n) is 3.82. The molecule has 0 aromatic heterocycles. The molecule has 0 saturated carbocycles. The van der Waals surface area contributed by atoms with Crippen molar-refractivity contribution in [3.8, 4) is 0 Å². The molecule has 0 bridgehead atoms. The Labute approximate surface area is 99.3 Å². The monoisotopic (exact) mass is 237 g/mol. The lowest BCUT2D eigenvalue weighted by Gasteiger charge is -2.28. The maximum absolute atomic E-state index is 11.0. The summed E-state index contributed by atoms with van der Waals surface area (Å²) in [5.41, 5.74) is 1.71. The van der Waals surface area contributed by atoms with Crippen LogP contribution in [0.25, 0.3) is 0 Å². The van der Waals surface area contributed by atoms with Gasteiger partial charge in [0.15, 0.2) is 0 Å². The normalized spacial score (nSPS) is 22.7. The van der Waals surface area contributed by atoms with Crippen LogP contribution in [-0.2, 0) is 9.47 Å². The number of nitrogens with one attached hydrogen (secondary N) is 1. The molecule has 2 unspecified atom stereocenters. The lowest BCUT2D eigenvalue weighted by atomic mass is 9.96. The van der Waals surface area contributed by atoms with Gasteiger partial charge in [-0.25, -0.2) is 4.79 Å². The zero-order chi connectivity index (χ0) is 12.3. The minimum absolute atomic E-state index is 0.142. The third-order valence-corrected chi connectivity index (χ3v) is 2.73. The van der Waals surface area contributed by atoms with Crippen LogP contribution in [0.4, 0.5) is 4.79 Å². The van der Waals surface area contributed by atoms with E-state index in [1.807, 2.05) is 24.3 Å². The number of hydrogen-bond donors (Lipinski definition) is 2. The van der Waals surface area contributed by atoms with Crippen molar-refractivity contribution in [2.45, 2.75) is 12.2 Å². The Morgan fingerprint density at radius 2 is 2.24 bits per heavy atom. The van der Waals surface area contributed by atoms with Crippen LogP contribution in [0.1, 0.15) is 23.3 Å². The summed E-state index contributed by atoms with van der Waals surface area (Å²) in [4.78, 5) is 11.0. The number of amides is 1. The molecule has 1 amide bonds. The van der Waals surface area contributed by atoms with Crippen LogP contribution in [0.5, 0.6) is 0 Å².